The van der Waals surface area contributed by atoms with Crippen molar-refractivity contribution in [2.75, 3.05) is 13.1 Å². The smallest absolute Gasteiger partial charge is 0.271 e. The zero-order valence-electron chi connectivity index (χ0n) is 13.2. The van der Waals surface area contributed by atoms with Crippen LogP contribution in [0.2, 0.25) is 5.02 Å². The molecular weight excluding hydrogens is 312 g/mol. The standard InChI is InChI=1S/C17H21ClN4O/c1-21-11-16(19-12-21)17(23)20-15-6-3-7-22(10-15)9-13-4-2-5-14(18)8-13/h2,4-5,8,11-12,15H,3,6-7,9-10H2,1H3,(H,20,23). The third-order valence-corrected chi connectivity index (χ3v) is 4.31. The summed E-state index contributed by atoms with van der Waals surface area (Å²) in [6, 6.07) is 8.11. The first-order chi connectivity index (χ1) is 11.1. The minimum absolute atomic E-state index is 0.0970. The summed E-state index contributed by atoms with van der Waals surface area (Å²) in [4.78, 5) is 18.7. The van der Waals surface area contributed by atoms with E-state index in [9.17, 15) is 4.79 Å². The first kappa shape index (κ1) is 16.0. The van der Waals surface area contributed by atoms with Crippen molar-refractivity contribution in [1.82, 2.24) is 19.8 Å². The van der Waals surface area contributed by atoms with Crippen molar-refractivity contribution in [3.8, 4) is 0 Å². The maximum absolute atomic E-state index is 12.2. The molecule has 1 aromatic carbocycles. The summed E-state index contributed by atoms with van der Waals surface area (Å²) < 4.78 is 1.78. The van der Waals surface area contributed by atoms with Gasteiger partial charge in [-0.3, -0.25) is 9.69 Å². The number of hydrogen-bond acceptors (Lipinski definition) is 3. The first-order valence-electron chi connectivity index (χ1n) is 7.86. The van der Waals surface area contributed by atoms with E-state index in [0.29, 0.717) is 5.69 Å². The topological polar surface area (TPSA) is 50.2 Å². The van der Waals surface area contributed by atoms with E-state index in [0.717, 1.165) is 37.5 Å². The van der Waals surface area contributed by atoms with E-state index in [4.69, 9.17) is 11.6 Å². The van der Waals surface area contributed by atoms with E-state index < -0.39 is 0 Å². The van der Waals surface area contributed by atoms with Crippen molar-refractivity contribution in [3.63, 3.8) is 0 Å². The molecule has 1 N–H and O–H groups in total. The van der Waals surface area contributed by atoms with Crippen LogP contribution in [0.25, 0.3) is 0 Å². The summed E-state index contributed by atoms with van der Waals surface area (Å²) in [6.07, 6.45) is 5.46. The number of aromatic nitrogens is 2. The minimum atomic E-state index is -0.0970. The van der Waals surface area contributed by atoms with Gasteiger partial charge in [-0.2, -0.15) is 0 Å². The molecule has 0 radical (unpaired) electrons. The third kappa shape index (κ3) is 4.33. The predicted octanol–water partition coefficient (Wildman–Crippen LogP) is 2.47. The van der Waals surface area contributed by atoms with Gasteiger partial charge in [0.2, 0.25) is 0 Å². The molecular formula is C17H21ClN4O. The number of aryl methyl sites for hydroxylation is 1. The number of nitrogens with zero attached hydrogens (tertiary/aromatic N) is 3. The Bertz CT molecular complexity index is 685. The fourth-order valence-corrected chi connectivity index (χ4v) is 3.21. The number of likely N-dealkylation sites (tertiary alicyclic amines) is 1. The molecule has 0 aliphatic carbocycles. The number of nitrogens with one attached hydrogen (secondary N) is 1. The number of carbonyl (C=O) groups excluding carboxylic acids is 1. The highest BCUT2D eigenvalue weighted by atomic mass is 35.5. The average Bonchev–Trinajstić information content (AvgIpc) is 2.94. The minimum Gasteiger partial charge on any atom is -0.347 e. The maximum atomic E-state index is 12.2. The van der Waals surface area contributed by atoms with Crippen LogP contribution in [0.4, 0.5) is 0 Å². The zero-order valence-corrected chi connectivity index (χ0v) is 14.0. The normalized spacial score (nSPS) is 18.8. The molecule has 1 saturated heterocycles. The van der Waals surface area contributed by atoms with Gasteiger partial charge in [0.1, 0.15) is 5.69 Å². The number of amides is 1. The van der Waals surface area contributed by atoms with Gasteiger partial charge in [0, 0.05) is 37.4 Å². The SMILES string of the molecule is Cn1cnc(C(=O)NC2CCCN(Cc3cccc(Cl)c3)C2)c1. The number of hydrogen-bond donors (Lipinski definition) is 1. The van der Waals surface area contributed by atoms with Gasteiger partial charge in [0.15, 0.2) is 0 Å². The van der Waals surface area contributed by atoms with Crippen LogP contribution in [-0.2, 0) is 13.6 Å². The first-order valence-corrected chi connectivity index (χ1v) is 8.23. The highest BCUT2D eigenvalue weighted by molar-refractivity contribution is 6.30. The van der Waals surface area contributed by atoms with Crippen molar-refractivity contribution < 1.29 is 4.79 Å². The number of benzene rings is 1. The van der Waals surface area contributed by atoms with Gasteiger partial charge >= 0.3 is 0 Å². The van der Waals surface area contributed by atoms with Crippen LogP contribution in [0.3, 0.4) is 0 Å². The Morgan fingerprint density at radius 2 is 2.35 bits per heavy atom. The lowest BCUT2D eigenvalue weighted by molar-refractivity contribution is 0.0896. The Labute approximate surface area is 141 Å². The average molecular weight is 333 g/mol. The van der Waals surface area contributed by atoms with E-state index in [1.807, 2.05) is 25.2 Å². The van der Waals surface area contributed by atoms with E-state index in [-0.39, 0.29) is 11.9 Å². The molecule has 2 aromatic rings. The van der Waals surface area contributed by atoms with Crippen molar-refractivity contribution in [1.29, 1.82) is 0 Å². The Balaban J connectivity index is 1.56. The lowest BCUT2D eigenvalue weighted by Crippen LogP contribution is -2.47. The second kappa shape index (κ2) is 7.15. The summed E-state index contributed by atoms with van der Waals surface area (Å²) in [7, 11) is 1.86. The van der Waals surface area contributed by atoms with E-state index in [1.165, 1.54) is 5.56 Å². The molecule has 5 nitrogen and oxygen atoms in total. The zero-order chi connectivity index (χ0) is 16.2. The fourth-order valence-electron chi connectivity index (χ4n) is 3.00. The molecule has 1 atom stereocenters. The summed E-state index contributed by atoms with van der Waals surface area (Å²) >= 11 is 6.05. The Kier molecular flexibility index (Phi) is 4.98. The molecule has 0 spiro atoms. The van der Waals surface area contributed by atoms with E-state index in [2.05, 4.69) is 21.3 Å². The highest BCUT2D eigenvalue weighted by Crippen LogP contribution is 2.16. The van der Waals surface area contributed by atoms with Crippen LogP contribution >= 0.6 is 11.6 Å². The molecule has 1 amide bonds. The number of carbonyl (C=O) groups is 1. The maximum Gasteiger partial charge on any atom is 0.271 e. The van der Waals surface area contributed by atoms with Crippen LogP contribution in [0.1, 0.15) is 28.9 Å². The molecule has 1 unspecified atom stereocenters. The number of piperidine rings is 1. The van der Waals surface area contributed by atoms with Gasteiger partial charge in [0.25, 0.3) is 5.91 Å². The monoisotopic (exact) mass is 332 g/mol. The number of imidazole rings is 1. The third-order valence-electron chi connectivity index (χ3n) is 4.07. The van der Waals surface area contributed by atoms with Gasteiger partial charge in [-0.1, -0.05) is 23.7 Å². The molecule has 23 heavy (non-hydrogen) atoms. The van der Waals surface area contributed by atoms with Crippen LogP contribution in [0.5, 0.6) is 0 Å². The van der Waals surface area contributed by atoms with Crippen molar-refractivity contribution in [2.24, 2.45) is 7.05 Å². The molecule has 1 aromatic heterocycles. The van der Waals surface area contributed by atoms with Crippen LogP contribution in [0, 0.1) is 0 Å². The van der Waals surface area contributed by atoms with Gasteiger partial charge in [-0.25, -0.2) is 4.98 Å². The summed E-state index contributed by atoms with van der Waals surface area (Å²) in [5, 5.41) is 3.86. The second-order valence-electron chi connectivity index (χ2n) is 6.10. The van der Waals surface area contributed by atoms with Crippen LogP contribution < -0.4 is 5.32 Å². The van der Waals surface area contributed by atoms with E-state index >= 15 is 0 Å². The van der Waals surface area contributed by atoms with Crippen LogP contribution in [-0.4, -0.2) is 39.5 Å². The predicted molar refractivity (Wildman–Crippen MR) is 90.4 cm³/mol. The van der Waals surface area contributed by atoms with Gasteiger partial charge < -0.3 is 9.88 Å². The van der Waals surface area contributed by atoms with Gasteiger partial charge in [-0.15, -0.1) is 0 Å². The quantitative estimate of drug-likeness (QED) is 0.935. The molecule has 1 aliphatic rings. The Morgan fingerprint density at radius 1 is 1.48 bits per heavy atom. The van der Waals surface area contributed by atoms with E-state index in [1.54, 1.807) is 17.1 Å². The van der Waals surface area contributed by atoms with Crippen molar-refractivity contribution >= 4 is 17.5 Å². The molecule has 1 fully saturated rings. The molecule has 6 heteroatoms. The summed E-state index contributed by atoms with van der Waals surface area (Å²) in [5.41, 5.74) is 1.67. The Hall–Kier alpha value is -1.85. The molecule has 1 aliphatic heterocycles. The highest BCUT2D eigenvalue weighted by Gasteiger charge is 2.22. The Morgan fingerprint density at radius 3 is 3.09 bits per heavy atom. The lowest BCUT2D eigenvalue weighted by atomic mass is 10.0. The lowest BCUT2D eigenvalue weighted by Gasteiger charge is -2.33. The second-order valence-corrected chi connectivity index (χ2v) is 6.54. The largest absolute Gasteiger partial charge is 0.347 e. The fraction of sp³-hybridized carbons (Fsp3) is 0.412. The summed E-state index contributed by atoms with van der Waals surface area (Å²) in [5.74, 6) is -0.0970. The van der Waals surface area contributed by atoms with Gasteiger partial charge in [0.05, 0.1) is 6.33 Å². The van der Waals surface area contributed by atoms with Crippen molar-refractivity contribution in [3.05, 3.63) is 53.1 Å². The van der Waals surface area contributed by atoms with Crippen molar-refractivity contribution in [2.45, 2.75) is 25.4 Å². The molecule has 3 rings (SSSR count). The number of halogens is 1. The number of rotatable bonds is 4. The molecule has 122 valence electrons. The molecule has 0 saturated carbocycles. The molecule has 0 bridgehead atoms. The molecule has 2 heterocycles. The van der Waals surface area contributed by atoms with Gasteiger partial charge in [-0.05, 0) is 37.1 Å². The summed E-state index contributed by atoms with van der Waals surface area (Å²) in [6.45, 7) is 2.75. The van der Waals surface area contributed by atoms with Crippen LogP contribution in [0.15, 0.2) is 36.8 Å².